The summed E-state index contributed by atoms with van der Waals surface area (Å²) in [4.78, 5) is 13.2. The fourth-order valence-electron chi connectivity index (χ4n) is 3.14. The van der Waals surface area contributed by atoms with Gasteiger partial charge in [-0.15, -0.1) is 0 Å². The molecule has 1 heterocycles. The van der Waals surface area contributed by atoms with Gasteiger partial charge in [-0.1, -0.05) is 13.3 Å². The van der Waals surface area contributed by atoms with Crippen molar-refractivity contribution in [1.29, 1.82) is 0 Å². The van der Waals surface area contributed by atoms with Crippen LogP contribution in [-0.4, -0.2) is 29.0 Å². The SMILES string of the molecule is CCNc1ccc([N+](=O)[O-])cc1CN1CCCCC1CC. The van der Waals surface area contributed by atoms with E-state index in [9.17, 15) is 10.1 Å². The van der Waals surface area contributed by atoms with Crippen LogP contribution in [0.25, 0.3) is 0 Å². The molecule has 1 atom stereocenters. The largest absolute Gasteiger partial charge is 0.385 e. The zero-order valence-corrected chi connectivity index (χ0v) is 13.0. The highest BCUT2D eigenvalue weighted by molar-refractivity contribution is 5.56. The summed E-state index contributed by atoms with van der Waals surface area (Å²) in [5.74, 6) is 0. The van der Waals surface area contributed by atoms with Crippen molar-refractivity contribution >= 4 is 11.4 Å². The number of piperidine rings is 1. The van der Waals surface area contributed by atoms with E-state index in [1.807, 2.05) is 13.0 Å². The van der Waals surface area contributed by atoms with Gasteiger partial charge in [0.15, 0.2) is 0 Å². The number of benzene rings is 1. The summed E-state index contributed by atoms with van der Waals surface area (Å²) in [7, 11) is 0. The quantitative estimate of drug-likeness (QED) is 0.640. The number of nitrogens with zero attached hydrogens (tertiary/aromatic N) is 2. The lowest BCUT2D eigenvalue weighted by atomic mass is 9.99. The Morgan fingerprint density at radius 3 is 2.86 bits per heavy atom. The highest BCUT2D eigenvalue weighted by atomic mass is 16.6. The molecule has 0 bridgehead atoms. The van der Waals surface area contributed by atoms with Gasteiger partial charge in [0.1, 0.15) is 0 Å². The number of likely N-dealkylation sites (tertiary alicyclic amines) is 1. The average Bonchev–Trinajstić information content (AvgIpc) is 2.49. The maximum Gasteiger partial charge on any atom is 0.269 e. The maximum absolute atomic E-state index is 11.0. The second-order valence-corrected chi connectivity index (χ2v) is 5.66. The molecule has 0 aliphatic carbocycles. The van der Waals surface area contributed by atoms with Gasteiger partial charge in [-0.3, -0.25) is 15.0 Å². The Balaban J connectivity index is 2.22. The van der Waals surface area contributed by atoms with E-state index in [1.54, 1.807) is 12.1 Å². The highest BCUT2D eigenvalue weighted by Gasteiger charge is 2.22. The Hall–Kier alpha value is -1.62. The number of anilines is 1. The highest BCUT2D eigenvalue weighted by Crippen LogP contribution is 2.27. The van der Waals surface area contributed by atoms with Crippen molar-refractivity contribution in [2.75, 3.05) is 18.4 Å². The molecule has 1 N–H and O–H groups in total. The zero-order chi connectivity index (χ0) is 15.2. The third-order valence-corrected chi connectivity index (χ3v) is 4.26. The van der Waals surface area contributed by atoms with E-state index in [1.165, 1.54) is 19.3 Å². The Bertz CT molecular complexity index is 490. The predicted octanol–water partition coefficient (Wildman–Crippen LogP) is 3.79. The maximum atomic E-state index is 11.0. The molecule has 5 heteroatoms. The van der Waals surface area contributed by atoms with E-state index in [-0.39, 0.29) is 10.6 Å². The van der Waals surface area contributed by atoms with Crippen molar-refractivity contribution in [3.63, 3.8) is 0 Å². The number of hydrogen-bond acceptors (Lipinski definition) is 4. The van der Waals surface area contributed by atoms with E-state index < -0.39 is 0 Å². The van der Waals surface area contributed by atoms with Crippen LogP contribution in [0.15, 0.2) is 18.2 Å². The van der Waals surface area contributed by atoms with Gasteiger partial charge in [-0.25, -0.2) is 0 Å². The smallest absolute Gasteiger partial charge is 0.269 e. The van der Waals surface area contributed by atoms with Gasteiger partial charge in [0.25, 0.3) is 5.69 Å². The van der Waals surface area contributed by atoms with Crippen molar-refractivity contribution < 1.29 is 4.92 Å². The molecule has 0 saturated carbocycles. The Labute approximate surface area is 126 Å². The van der Waals surface area contributed by atoms with Gasteiger partial charge in [0, 0.05) is 37.0 Å². The molecule has 116 valence electrons. The second-order valence-electron chi connectivity index (χ2n) is 5.66. The number of hydrogen-bond donors (Lipinski definition) is 1. The van der Waals surface area contributed by atoms with E-state index in [0.29, 0.717) is 6.04 Å². The first-order chi connectivity index (χ1) is 10.2. The molecule has 1 aliphatic heterocycles. The van der Waals surface area contributed by atoms with E-state index in [2.05, 4.69) is 17.1 Å². The molecule has 1 fully saturated rings. The minimum atomic E-state index is -0.313. The van der Waals surface area contributed by atoms with Crippen LogP contribution < -0.4 is 5.32 Å². The standard InChI is InChI=1S/C16H25N3O2/c1-3-14-7-5-6-10-18(14)12-13-11-15(19(20)21)8-9-16(13)17-4-2/h8-9,11,14,17H,3-7,10,12H2,1-2H3. The normalized spacial score (nSPS) is 19.4. The number of non-ortho nitro benzene ring substituents is 1. The molecule has 0 aromatic heterocycles. The minimum Gasteiger partial charge on any atom is -0.385 e. The first-order valence-corrected chi connectivity index (χ1v) is 7.91. The fourth-order valence-corrected chi connectivity index (χ4v) is 3.14. The van der Waals surface area contributed by atoms with Gasteiger partial charge in [-0.05, 0) is 44.4 Å². The second kappa shape index (κ2) is 7.41. The summed E-state index contributed by atoms with van der Waals surface area (Å²) in [6, 6.07) is 5.74. The first kappa shape index (κ1) is 15.8. The molecular weight excluding hydrogens is 266 g/mol. The molecular formula is C16H25N3O2. The number of nitro benzene ring substituents is 1. The third kappa shape index (κ3) is 3.94. The van der Waals surface area contributed by atoms with Crippen molar-refractivity contribution in [1.82, 2.24) is 4.90 Å². The summed E-state index contributed by atoms with van der Waals surface area (Å²) in [5, 5.41) is 14.3. The van der Waals surface area contributed by atoms with E-state index >= 15 is 0 Å². The van der Waals surface area contributed by atoms with Crippen LogP contribution in [0.1, 0.15) is 45.1 Å². The number of nitrogens with one attached hydrogen (secondary N) is 1. The van der Waals surface area contributed by atoms with Crippen LogP contribution in [0.4, 0.5) is 11.4 Å². The molecule has 1 aromatic carbocycles. The van der Waals surface area contributed by atoms with E-state index in [0.717, 1.165) is 37.3 Å². The Morgan fingerprint density at radius 2 is 2.19 bits per heavy atom. The summed E-state index contributed by atoms with van der Waals surface area (Å²) in [5.41, 5.74) is 2.23. The lowest BCUT2D eigenvalue weighted by Gasteiger charge is -2.35. The molecule has 1 aliphatic rings. The molecule has 1 saturated heterocycles. The van der Waals surface area contributed by atoms with Gasteiger partial charge in [-0.2, -0.15) is 0 Å². The topological polar surface area (TPSA) is 58.4 Å². The minimum absolute atomic E-state index is 0.178. The van der Waals surface area contributed by atoms with Crippen LogP contribution in [0.3, 0.4) is 0 Å². The Morgan fingerprint density at radius 1 is 1.38 bits per heavy atom. The third-order valence-electron chi connectivity index (χ3n) is 4.26. The summed E-state index contributed by atoms with van der Waals surface area (Å²) < 4.78 is 0. The molecule has 21 heavy (non-hydrogen) atoms. The number of nitro groups is 1. The van der Waals surface area contributed by atoms with Crippen LogP contribution >= 0.6 is 0 Å². The lowest BCUT2D eigenvalue weighted by molar-refractivity contribution is -0.384. The van der Waals surface area contributed by atoms with Crippen LogP contribution in [0.5, 0.6) is 0 Å². The molecule has 0 spiro atoms. The van der Waals surface area contributed by atoms with Crippen LogP contribution in [0.2, 0.25) is 0 Å². The summed E-state index contributed by atoms with van der Waals surface area (Å²) >= 11 is 0. The monoisotopic (exact) mass is 291 g/mol. The molecule has 5 nitrogen and oxygen atoms in total. The number of rotatable bonds is 6. The average molecular weight is 291 g/mol. The van der Waals surface area contributed by atoms with Gasteiger partial charge in [0.05, 0.1) is 4.92 Å². The van der Waals surface area contributed by atoms with Crippen LogP contribution in [-0.2, 0) is 6.54 Å². The Kier molecular flexibility index (Phi) is 5.56. The van der Waals surface area contributed by atoms with Crippen molar-refractivity contribution in [3.8, 4) is 0 Å². The molecule has 1 aromatic rings. The van der Waals surface area contributed by atoms with Crippen molar-refractivity contribution in [3.05, 3.63) is 33.9 Å². The van der Waals surface area contributed by atoms with Crippen molar-refractivity contribution in [2.24, 2.45) is 0 Å². The molecule has 0 amide bonds. The first-order valence-electron chi connectivity index (χ1n) is 7.91. The van der Waals surface area contributed by atoms with Crippen molar-refractivity contribution in [2.45, 2.75) is 52.1 Å². The summed E-state index contributed by atoms with van der Waals surface area (Å²) in [6.45, 7) is 6.97. The van der Waals surface area contributed by atoms with Gasteiger partial charge >= 0.3 is 0 Å². The predicted molar refractivity (Wildman–Crippen MR) is 85.6 cm³/mol. The van der Waals surface area contributed by atoms with Gasteiger partial charge < -0.3 is 5.32 Å². The molecule has 1 unspecified atom stereocenters. The molecule has 2 rings (SSSR count). The fraction of sp³-hybridized carbons (Fsp3) is 0.625. The summed E-state index contributed by atoms with van der Waals surface area (Å²) in [6.07, 6.45) is 4.90. The van der Waals surface area contributed by atoms with Gasteiger partial charge in [0.2, 0.25) is 0 Å². The van der Waals surface area contributed by atoms with Crippen LogP contribution in [0, 0.1) is 10.1 Å². The van der Waals surface area contributed by atoms with E-state index in [4.69, 9.17) is 0 Å². The molecule has 0 radical (unpaired) electrons. The lowest BCUT2D eigenvalue weighted by Crippen LogP contribution is -2.38. The zero-order valence-electron chi connectivity index (χ0n) is 13.0.